The third-order valence-corrected chi connectivity index (χ3v) is 5.53. The molecule has 3 aromatic rings. The van der Waals surface area contributed by atoms with Crippen LogP contribution >= 0.6 is 0 Å². The van der Waals surface area contributed by atoms with E-state index in [1.165, 1.54) is 16.5 Å². The zero-order valence-electron chi connectivity index (χ0n) is 16.9. The van der Waals surface area contributed by atoms with Gasteiger partial charge >= 0.3 is 0 Å². The van der Waals surface area contributed by atoms with Crippen molar-refractivity contribution in [2.75, 3.05) is 24.7 Å². The van der Waals surface area contributed by atoms with E-state index in [9.17, 15) is 19.5 Å². The van der Waals surface area contributed by atoms with E-state index in [1.807, 2.05) is 18.2 Å². The van der Waals surface area contributed by atoms with Gasteiger partial charge in [-0.1, -0.05) is 30.3 Å². The maximum Gasteiger partial charge on any atom is 0.257 e. The van der Waals surface area contributed by atoms with Crippen LogP contribution in [0, 0.1) is 0 Å². The summed E-state index contributed by atoms with van der Waals surface area (Å²) in [6, 6.07) is 12.7. The highest BCUT2D eigenvalue weighted by atomic mass is 16.3. The van der Waals surface area contributed by atoms with Gasteiger partial charge in [-0.15, -0.1) is 0 Å². The van der Waals surface area contributed by atoms with E-state index in [1.54, 1.807) is 26.2 Å². The van der Waals surface area contributed by atoms with E-state index in [0.717, 1.165) is 24.8 Å². The van der Waals surface area contributed by atoms with Crippen LogP contribution in [-0.2, 0) is 6.42 Å². The SMILES string of the molecule is CN(C)C(=O)c1cccc(Nc2c(N[C@H]3CCCc4ccccc43)c(=O)c2=O)c1O.[HH].[HH]. The molecule has 0 heterocycles. The standard InChI is InChI=1S/C23H23N3O4.2H2/c1-26(2)23(30)15-10-6-12-17(20(15)27)25-19-18(21(28)22(19)29)24-16-11-5-8-13-7-3-4-9-14(13)16;;/h3-4,6-7,9-10,12,16,24-25,27H,5,8,11H2,1-2H3;2*1H/t16-;;/m0../s1. The lowest BCUT2D eigenvalue weighted by Gasteiger charge is -2.28. The largest absolute Gasteiger partial charge is 0.505 e. The van der Waals surface area contributed by atoms with Crippen LogP contribution in [0.5, 0.6) is 5.75 Å². The number of benzene rings is 2. The minimum atomic E-state index is -0.648. The first-order valence-corrected chi connectivity index (χ1v) is 9.86. The number of rotatable bonds is 5. The first-order valence-electron chi connectivity index (χ1n) is 9.86. The fraction of sp³-hybridized carbons (Fsp3) is 0.261. The summed E-state index contributed by atoms with van der Waals surface area (Å²) in [5.74, 6) is -0.628. The van der Waals surface area contributed by atoms with Crippen molar-refractivity contribution in [2.24, 2.45) is 0 Å². The Labute approximate surface area is 176 Å². The number of nitrogens with one attached hydrogen (secondary N) is 2. The maximum absolute atomic E-state index is 12.3. The molecular weight excluding hydrogens is 382 g/mol. The number of amides is 1. The molecule has 0 aromatic heterocycles. The van der Waals surface area contributed by atoms with Gasteiger partial charge in [-0.05, 0) is 42.5 Å². The minimum Gasteiger partial charge on any atom is -0.505 e. The van der Waals surface area contributed by atoms with Crippen molar-refractivity contribution < 1.29 is 12.8 Å². The van der Waals surface area contributed by atoms with Crippen LogP contribution in [0.3, 0.4) is 0 Å². The van der Waals surface area contributed by atoms with Gasteiger partial charge in [-0.2, -0.15) is 0 Å². The highest BCUT2D eigenvalue weighted by Crippen LogP contribution is 2.35. The second-order valence-corrected chi connectivity index (χ2v) is 7.72. The van der Waals surface area contributed by atoms with Crippen molar-refractivity contribution in [3.63, 3.8) is 0 Å². The Bertz CT molecular complexity index is 1200. The zero-order chi connectivity index (χ0) is 21.4. The van der Waals surface area contributed by atoms with Gasteiger partial charge in [-0.25, -0.2) is 0 Å². The number of nitrogens with zero attached hydrogens (tertiary/aromatic N) is 1. The summed E-state index contributed by atoms with van der Waals surface area (Å²) in [5, 5.41) is 16.6. The quantitative estimate of drug-likeness (QED) is 0.441. The van der Waals surface area contributed by atoms with Crippen LogP contribution < -0.4 is 21.5 Å². The van der Waals surface area contributed by atoms with E-state index < -0.39 is 10.9 Å². The number of hydrogen-bond donors (Lipinski definition) is 3. The van der Waals surface area contributed by atoms with Gasteiger partial charge in [0.15, 0.2) is 5.75 Å². The third-order valence-electron chi connectivity index (χ3n) is 5.53. The summed E-state index contributed by atoms with van der Waals surface area (Å²) >= 11 is 0. The summed E-state index contributed by atoms with van der Waals surface area (Å²) < 4.78 is 0. The first-order chi connectivity index (χ1) is 14.4. The number of anilines is 3. The molecule has 0 unspecified atom stereocenters. The molecule has 4 rings (SSSR count). The smallest absolute Gasteiger partial charge is 0.257 e. The summed E-state index contributed by atoms with van der Waals surface area (Å²) in [7, 11) is 3.17. The van der Waals surface area contributed by atoms with Crippen LogP contribution in [0.2, 0.25) is 0 Å². The molecule has 3 N–H and O–H groups in total. The maximum atomic E-state index is 12.3. The second kappa shape index (κ2) is 7.67. The van der Waals surface area contributed by atoms with Crippen LogP contribution in [-0.4, -0.2) is 30.0 Å². The molecule has 1 aliphatic carbocycles. The fourth-order valence-corrected chi connectivity index (χ4v) is 3.92. The van der Waals surface area contributed by atoms with Crippen LogP contribution in [0.25, 0.3) is 0 Å². The molecule has 0 saturated carbocycles. The highest BCUT2D eigenvalue weighted by Gasteiger charge is 2.27. The molecule has 1 aliphatic rings. The van der Waals surface area contributed by atoms with E-state index in [0.29, 0.717) is 0 Å². The second-order valence-electron chi connectivity index (χ2n) is 7.72. The molecular formula is C23H27N3O4. The molecule has 7 heteroatoms. The van der Waals surface area contributed by atoms with Crippen molar-refractivity contribution in [3.05, 3.63) is 79.6 Å². The average molecular weight is 409 g/mol. The number of carbonyl (C=O) groups is 1. The van der Waals surface area contributed by atoms with Gasteiger partial charge in [0, 0.05) is 16.9 Å². The lowest BCUT2D eigenvalue weighted by Crippen LogP contribution is -2.38. The summed E-state index contributed by atoms with van der Waals surface area (Å²) in [4.78, 5) is 38.1. The number of carbonyl (C=O) groups excluding carboxylic acids is 1. The van der Waals surface area contributed by atoms with Crippen LogP contribution in [0.15, 0.2) is 52.1 Å². The Hall–Kier alpha value is -3.61. The number of para-hydroxylation sites is 1. The summed E-state index contributed by atoms with van der Waals surface area (Å²) in [6.45, 7) is 0. The van der Waals surface area contributed by atoms with Gasteiger partial charge in [0.1, 0.15) is 11.4 Å². The number of hydrogen-bond acceptors (Lipinski definition) is 6. The van der Waals surface area contributed by atoms with Gasteiger partial charge in [0.25, 0.3) is 16.8 Å². The minimum absolute atomic E-state index is 0. The van der Waals surface area contributed by atoms with Crippen molar-refractivity contribution in [2.45, 2.75) is 25.3 Å². The van der Waals surface area contributed by atoms with Crippen molar-refractivity contribution in [3.8, 4) is 5.75 Å². The molecule has 0 spiro atoms. The molecule has 1 amide bonds. The number of phenolic OH excluding ortho intramolecular Hbond substituents is 1. The Morgan fingerprint density at radius 2 is 1.80 bits per heavy atom. The van der Waals surface area contributed by atoms with E-state index in [4.69, 9.17) is 0 Å². The number of fused-ring (bicyclic) bond motifs is 1. The fourth-order valence-electron chi connectivity index (χ4n) is 3.92. The molecule has 158 valence electrons. The summed E-state index contributed by atoms with van der Waals surface area (Å²) in [5.41, 5.74) is 1.76. The topological polar surface area (TPSA) is 98.7 Å². The monoisotopic (exact) mass is 409 g/mol. The summed E-state index contributed by atoms with van der Waals surface area (Å²) in [6.07, 6.45) is 2.83. The molecule has 1 atom stereocenters. The first kappa shape index (κ1) is 19.7. The Morgan fingerprint density at radius 1 is 1.07 bits per heavy atom. The number of phenols is 1. The molecule has 0 aliphatic heterocycles. The zero-order valence-corrected chi connectivity index (χ0v) is 16.9. The lowest BCUT2D eigenvalue weighted by molar-refractivity contribution is 0.0824. The normalized spacial score (nSPS) is 15.5. The van der Waals surface area contributed by atoms with E-state index in [-0.39, 0.29) is 43.2 Å². The molecule has 0 fully saturated rings. The Balaban J connectivity index is 0.00000181. The predicted octanol–water partition coefficient (Wildman–Crippen LogP) is 3.42. The molecule has 0 saturated heterocycles. The van der Waals surface area contributed by atoms with Crippen molar-refractivity contribution >= 4 is 23.0 Å². The van der Waals surface area contributed by atoms with Crippen LogP contribution in [0.4, 0.5) is 17.1 Å². The molecule has 7 nitrogen and oxygen atoms in total. The number of aromatic hydroxyl groups is 1. The van der Waals surface area contributed by atoms with Crippen molar-refractivity contribution in [1.29, 1.82) is 0 Å². The Kier molecular flexibility index (Phi) is 5.03. The van der Waals surface area contributed by atoms with Gasteiger partial charge < -0.3 is 20.6 Å². The van der Waals surface area contributed by atoms with E-state index >= 15 is 0 Å². The molecule has 0 bridgehead atoms. The van der Waals surface area contributed by atoms with Crippen molar-refractivity contribution in [1.82, 2.24) is 4.90 Å². The third kappa shape index (κ3) is 3.32. The van der Waals surface area contributed by atoms with E-state index in [2.05, 4.69) is 16.7 Å². The highest BCUT2D eigenvalue weighted by molar-refractivity contribution is 5.99. The molecule has 3 aromatic carbocycles. The Morgan fingerprint density at radius 3 is 2.57 bits per heavy atom. The molecule has 0 radical (unpaired) electrons. The van der Waals surface area contributed by atoms with Gasteiger partial charge in [-0.3, -0.25) is 14.4 Å². The average Bonchev–Trinajstić information content (AvgIpc) is 2.76. The number of aryl methyl sites for hydroxylation is 1. The van der Waals surface area contributed by atoms with Gasteiger partial charge in [0.2, 0.25) is 0 Å². The van der Waals surface area contributed by atoms with Crippen LogP contribution in [0.1, 0.15) is 43.2 Å². The molecule has 30 heavy (non-hydrogen) atoms. The lowest BCUT2D eigenvalue weighted by atomic mass is 9.87. The predicted molar refractivity (Wildman–Crippen MR) is 121 cm³/mol. The van der Waals surface area contributed by atoms with Gasteiger partial charge in [0.05, 0.1) is 17.3 Å².